The predicted octanol–water partition coefficient (Wildman–Crippen LogP) is 4.56. The maximum Gasteiger partial charge on any atom is 0.309 e. The van der Waals surface area contributed by atoms with E-state index >= 15 is 0 Å². The van der Waals surface area contributed by atoms with Gasteiger partial charge in [0.2, 0.25) is 0 Å². The van der Waals surface area contributed by atoms with E-state index in [1.807, 2.05) is 23.4 Å². The Balaban J connectivity index is 0.000000520. The number of nitrogens with one attached hydrogen (secondary N) is 1. The Hall–Kier alpha value is -2.77. The number of hydrazine groups is 1. The Morgan fingerprint density at radius 3 is 2.04 bits per heavy atom. The van der Waals surface area contributed by atoms with Crippen molar-refractivity contribution in [3.05, 3.63) is 63.9 Å². The summed E-state index contributed by atoms with van der Waals surface area (Å²) in [4.78, 5) is 17.9. The number of piperidine rings is 1. The molecule has 2 heterocycles. The number of carbonyl (C=O) groups excluding carboxylic acids is 1. The van der Waals surface area contributed by atoms with Gasteiger partial charge in [-0.25, -0.2) is 9.99 Å². The number of benzene rings is 2. The molecule has 1 aliphatic rings. The Bertz CT molecular complexity index is 1850. The average Bonchev–Trinajstić information content (AvgIpc) is 3.32. The number of aromatic nitrogens is 2. The number of imidazole rings is 1. The minimum Gasteiger partial charge on any atom is -0.382 e. The van der Waals surface area contributed by atoms with Crippen molar-refractivity contribution >= 4 is 59.5 Å². The van der Waals surface area contributed by atoms with Gasteiger partial charge in [-0.05, 0) is 68.7 Å². The first-order valence-electron chi connectivity index (χ1n) is 14.4. The second-order valence-electron chi connectivity index (χ2n) is 10.6. The fraction of sp³-hybridized carbons (Fsp3) is 0.429. The van der Waals surface area contributed by atoms with Gasteiger partial charge in [0.05, 0.1) is 28.0 Å². The highest BCUT2D eigenvalue weighted by atomic mass is 35.5. The van der Waals surface area contributed by atoms with E-state index in [0.717, 1.165) is 38.8 Å². The zero-order valence-electron chi connectivity index (χ0n) is 25.6. The fourth-order valence-corrected chi connectivity index (χ4v) is 7.76. The molecule has 0 saturated carbocycles. The van der Waals surface area contributed by atoms with Crippen LogP contribution in [0.4, 0.5) is 0 Å². The largest absolute Gasteiger partial charge is 0.382 e. The van der Waals surface area contributed by atoms with Crippen LogP contribution in [0, 0.1) is 6.92 Å². The summed E-state index contributed by atoms with van der Waals surface area (Å²) in [5.41, 5.74) is 5.13. The molecule has 3 N–H and O–H groups in total. The van der Waals surface area contributed by atoms with Crippen LogP contribution in [0.15, 0.2) is 42.5 Å². The molecule has 47 heavy (non-hydrogen) atoms. The highest BCUT2D eigenvalue weighted by Crippen LogP contribution is 2.33. The average molecular weight is 756 g/mol. The maximum absolute atomic E-state index is 13.2. The molecule has 1 fully saturated rings. The molecule has 0 bridgehead atoms. The van der Waals surface area contributed by atoms with Gasteiger partial charge in [0, 0.05) is 29.4 Å². The van der Waals surface area contributed by atoms with E-state index < -0.39 is 41.9 Å². The number of hydrogen-bond acceptors (Lipinski definition) is 10. The van der Waals surface area contributed by atoms with Crippen molar-refractivity contribution in [1.29, 1.82) is 0 Å². The van der Waals surface area contributed by atoms with Crippen LogP contribution in [0.1, 0.15) is 55.2 Å². The third kappa shape index (κ3) is 12.3. The summed E-state index contributed by atoms with van der Waals surface area (Å²) in [5.74, 6) is -1.62. The molecule has 3 aromatic rings. The number of nitrogens with zero attached hydrogens (tertiary/aromatic N) is 3. The van der Waals surface area contributed by atoms with Crippen LogP contribution < -0.4 is 9.61 Å². The number of halogens is 2. The molecule has 2 aromatic carbocycles. The van der Waals surface area contributed by atoms with Crippen LogP contribution in [0.2, 0.25) is 10.0 Å². The van der Waals surface area contributed by atoms with Crippen LogP contribution in [0.3, 0.4) is 0 Å². The van der Waals surface area contributed by atoms with Gasteiger partial charge < -0.3 is 4.18 Å². The van der Waals surface area contributed by atoms with E-state index in [4.69, 9.17) is 41.5 Å². The topological polar surface area (TPSA) is 202 Å². The van der Waals surface area contributed by atoms with Crippen LogP contribution in [0.5, 0.6) is 5.75 Å². The molecule has 1 aliphatic heterocycles. The van der Waals surface area contributed by atoms with Gasteiger partial charge in [-0.2, -0.15) is 25.3 Å². The molecule has 14 nitrogen and oxygen atoms in total. The number of amides is 1. The third-order valence-corrected chi connectivity index (χ3v) is 10.3. The molecule has 0 unspecified atom stereocenters. The van der Waals surface area contributed by atoms with Gasteiger partial charge in [-0.3, -0.25) is 23.9 Å². The molecule has 19 heteroatoms. The molecule has 0 aliphatic carbocycles. The summed E-state index contributed by atoms with van der Waals surface area (Å²) >= 11 is 12.6. The molecule has 1 aromatic heterocycles. The third-order valence-electron chi connectivity index (χ3n) is 6.78. The van der Waals surface area contributed by atoms with Gasteiger partial charge in [0.15, 0.2) is 5.69 Å². The standard InChI is InChI=1S/C26H30Cl2N4O4S.C2H6O6S2/c1-3-4-16-37(34,35)36-21-11-9-20(10-12-21)32-18(2)24(26(33)30-31-14-6-5-7-15-31)29-25(32)22-13-8-19(27)17-23(22)28;3-9(4,5)1-2-10(6,7)8/h8-13,17H,3-7,14-16H2,1-2H3,(H,30,33);1-2H2,(H,3,4,5)(H,6,7,8). The smallest absolute Gasteiger partial charge is 0.309 e. The lowest BCUT2D eigenvalue weighted by atomic mass is 10.2. The Kier molecular flexibility index (Phi) is 13.6. The molecule has 0 atom stereocenters. The molecule has 1 amide bonds. The molecular weight excluding hydrogens is 719 g/mol. The van der Waals surface area contributed by atoms with Crippen LogP contribution in [-0.4, -0.2) is 85.2 Å². The van der Waals surface area contributed by atoms with Crippen molar-refractivity contribution in [2.24, 2.45) is 0 Å². The Labute approximate surface area is 284 Å². The Morgan fingerprint density at radius 1 is 0.915 bits per heavy atom. The molecule has 4 rings (SSSR count). The highest BCUT2D eigenvalue weighted by Gasteiger charge is 2.25. The zero-order chi connectivity index (χ0) is 35.0. The monoisotopic (exact) mass is 754 g/mol. The normalized spacial score (nSPS) is 14.3. The van der Waals surface area contributed by atoms with E-state index in [0.29, 0.717) is 39.2 Å². The number of hydrogen-bond donors (Lipinski definition) is 3. The summed E-state index contributed by atoms with van der Waals surface area (Å²) < 4.78 is 86.8. The van der Waals surface area contributed by atoms with E-state index in [9.17, 15) is 30.0 Å². The van der Waals surface area contributed by atoms with Crippen molar-refractivity contribution in [2.75, 3.05) is 30.3 Å². The van der Waals surface area contributed by atoms with Gasteiger partial charge in [-0.1, -0.05) is 43.0 Å². The highest BCUT2D eigenvalue weighted by molar-refractivity contribution is 7.89. The first-order chi connectivity index (χ1) is 21.9. The van der Waals surface area contributed by atoms with Gasteiger partial charge >= 0.3 is 10.1 Å². The zero-order valence-corrected chi connectivity index (χ0v) is 29.6. The maximum atomic E-state index is 13.2. The second-order valence-corrected chi connectivity index (χ2v) is 16.3. The van der Waals surface area contributed by atoms with E-state index in [2.05, 4.69) is 5.43 Å². The SMILES string of the molecule is CCCCS(=O)(=O)Oc1ccc(-n2c(-c3ccc(Cl)cc3Cl)nc(C(=O)NN3CCCCC3)c2C)cc1.O=S(=O)(O)CCS(=O)(=O)O. The lowest BCUT2D eigenvalue weighted by molar-refractivity contribution is 0.0744. The molecule has 0 spiro atoms. The molecular formula is C28H36Cl2N4O10S3. The van der Waals surface area contributed by atoms with Crippen molar-refractivity contribution in [3.63, 3.8) is 0 Å². The fourth-order valence-electron chi connectivity index (χ4n) is 4.46. The first-order valence-corrected chi connectivity index (χ1v) is 20.0. The van der Waals surface area contributed by atoms with Gasteiger partial charge in [0.25, 0.3) is 26.1 Å². The second kappa shape index (κ2) is 16.6. The van der Waals surface area contributed by atoms with E-state index in [-0.39, 0.29) is 23.1 Å². The van der Waals surface area contributed by atoms with Crippen LogP contribution in [-0.2, 0) is 30.4 Å². The van der Waals surface area contributed by atoms with Gasteiger partial charge in [-0.15, -0.1) is 0 Å². The summed E-state index contributed by atoms with van der Waals surface area (Å²) in [5, 5.41) is 2.80. The van der Waals surface area contributed by atoms with Crippen LogP contribution in [0.25, 0.3) is 17.1 Å². The van der Waals surface area contributed by atoms with Crippen LogP contribution >= 0.6 is 23.2 Å². The van der Waals surface area contributed by atoms with Crippen molar-refractivity contribution in [1.82, 2.24) is 20.0 Å². The van der Waals surface area contributed by atoms with Crippen molar-refractivity contribution in [2.45, 2.75) is 46.0 Å². The quantitative estimate of drug-likeness (QED) is 0.172. The van der Waals surface area contributed by atoms with Crippen molar-refractivity contribution in [3.8, 4) is 22.8 Å². The first kappa shape index (κ1) is 38.7. The summed E-state index contributed by atoms with van der Waals surface area (Å²) in [6.07, 6.45) is 4.50. The molecule has 260 valence electrons. The van der Waals surface area contributed by atoms with E-state index in [1.54, 1.807) is 42.5 Å². The minimum atomic E-state index is -4.30. The predicted molar refractivity (Wildman–Crippen MR) is 179 cm³/mol. The van der Waals surface area contributed by atoms with E-state index in [1.165, 1.54) is 0 Å². The Morgan fingerprint density at radius 2 is 1.51 bits per heavy atom. The lowest BCUT2D eigenvalue weighted by Crippen LogP contribution is -2.45. The number of carbonyl (C=O) groups is 1. The minimum absolute atomic E-state index is 0.0411. The van der Waals surface area contributed by atoms with Gasteiger partial charge in [0.1, 0.15) is 11.6 Å². The number of unbranched alkanes of at least 4 members (excludes halogenated alkanes) is 1. The molecule has 0 radical (unpaired) electrons. The summed E-state index contributed by atoms with van der Waals surface area (Å²) in [6.45, 7) is 5.32. The lowest BCUT2D eigenvalue weighted by Gasteiger charge is -2.26. The summed E-state index contributed by atoms with van der Waals surface area (Å²) in [6, 6.07) is 11.7. The summed E-state index contributed by atoms with van der Waals surface area (Å²) in [7, 11) is -12.3. The van der Waals surface area contributed by atoms with Crippen molar-refractivity contribution < 1.29 is 43.3 Å². The number of rotatable bonds is 12. The molecule has 1 saturated heterocycles.